The smallest absolute Gasteiger partial charge is 0.213 e. The van der Waals surface area contributed by atoms with Crippen molar-refractivity contribution in [3.8, 4) is 5.88 Å². The van der Waals surface area contributed by atoms with E-state index < -0.39 is 0 Å². The van der Waals surface area contributed by atoms with Crippen LogP contribution in [0.1, 0.15) is 24.0 Å². The highest BCUT2D eigenvalue weighted by Crippen LogP contribution is 2.08. The summed E-state index contributed by atoms with van der Waals surface area (Å²) < 4.78 is 5.11. The molecule has 0 amide bonds. The zero-order chi connectivity index (χ0) is 14.0. The Labute approximate surface area is 121 Å². The van der Waals surface area contributed by atoms with E-state index >= 15 is 0 Å². The molecular weight excluding hydrogens is 248 g/mol. The van der Waals surface area contributed by atoms with E-state index in [1.807, 2.05) is 12.1 Å². The standard InChI is InChI=1S/C17H22N2O/c1-20-17-13-16(10-12-19-17)14-18-11-6-5-9-15-7-3-2-4-8-15/h2-4,7-8,10,12-13,18H,5-6,9,11,14H2,1H3. The molecule has 0 spiro atoms. The summed E-state index contributed by atoms with van der Waals surface area (Å²) >= 11 is 0. The lowest BCUT2D eigenvalue weighted by Gasteiger charge is -2.06. The number of hydrogen-bond donors (Lipinski definition) is 1. The molecule has 0 atom stereocenters. The Morgan fingerprint density at radius 2 is 1.90 bits per heavy atom. The monoisotopic (exact) mass is 270 g/mol. The number of rotatable bonds is 8. The van der Waals surface area contributed by atoms with E-state index in [4.69, 9.17) is 4.74 Å². The Morgan fingerprint density at radius 1 is 1.05 bits per heavy atom. The van der Waals surface area contributed by atoms with Crippen molar-refractivity contribution in [2.75, 3.05) is 13.7 Å². The number of benzene rings is 1. The van der Waals surface area contributed by atoms with Crippen LogP contribution in [0, 0.1) is 0 Å². The van der Waals surface area contributed by atoms with E-state index in [1.54, 1.807) is 13.3 Å². The summed E-state index contributed by atoms with van der Waals surface area (Å²) in [4.78, 5) is 4.10. The first-order chi connectivity index (χ1) is 9.88. The van der Waals surface area contributed by atoms with Crippen molar-refractivity contribution in [3.63, 3.8) is 0 Å². The van der Waals surface area contributed by atoms with Crippen molar-refractivity contribution >= 4 is 0 Å². The molecule has 0 aliphatic heterocycles. The van der Waals surface area contributed by atoms with Gasteiger partial charge in [0.15, 0.2) is 0 Å². The molecule has 20 heavy (non-hydrogen) atoms. The average Bonchev–Trinajstić information content (AvgIpc) is 2.52. The first-order valence-corrected chi connectivity index (χ1v) is 7.12. The summed E-state index contributed by atoms with van der Waals surface area (Å²) in [5.74, 6) is 0.674. The maximum absolute atomic E-state index is 5.11. The van der Waals surface area contributed by atoms with Gasteiger partial charge in [-0.25, -0.2) is 4.98 Å². The number of aromatic nitrogens is 1. The fraction of sp³-hybridized carbons (Fsp3) is 0.353. The third-order valence-electron chi connectivity index (χ3n) is 3.25. The van der Waals surface area contributed by atoms with Crippen LogP contribution in [0.5, 0.6) is 5.88 Å². The first kappa shape index (κ1) is 14.5. The lowest BCUT2D eigenvalue weighted by molar-refractivity contribution is 0.397. The summed E-state index contributed by atoms with van der Waals surface area (Å²) in [7, 11) is 1.64. The Bertz CT molecular complexity index is 499. The molecule has 0 bridgehead atoms. The minimum atomic E-state index is 0.674. The summed E-state index contributed by atoms with van der Waals surface area (Å²) in [5.41, 5.74) is 2.63. The van der Waals surface area contributed by atoms with Gasteiger partial charge in [-0.15, -0.1) is 0 Å². The van der Waals surface area contributed by atoms with Gasteiger partial charge in [0, 0.05) is 18.8 Å². The SMILES string of the molecule is COc1cc(CNCCCCc2ccccc2)ccn1. The van der Waals surface area contributed by atoms with E-state index in [2.05, 4.69) is 40.6 Å². The van der Waals surface area contributed by atoms with Crippen LogP contribution in [-0.2, 0) is 13.0 Å². The molecule has 0 saturated carbocycles. The topological polar surface area (TPSA) is 34.1 Å². The summed E-state index contributed by atoms with van der Waals surface area (Å²) in [6, 6.07) is 14.6. The van der Waals surface area contributed by atoms with Crippen LogP contribution in [0.3, 0.4) is 0 Å². The lowest BCUT2D eigenvalue weighted by atomic mass is 10.1. The minimum Gasteiger partial charge on any atom is -0.481 e. The highest BCUT2D eigenvalue weighted by atomic mass is 16.5. The van der Waals surface area contributed by atoms with Crippen LogP contribution >= 0.6 is 0 Å². The van der Waals surface area contributed by atoms with Gasteiger partial charge in [0.1, 0.15) is 0 Å². The Kier molecular flexibility index (Phi) is 6.06. The zero-order valence-corrected chi connectivity index (χ0v) is 12.0. The van der Waals surface area contributed by atoms with Gasteiger partial charge in [0.05, 0.1) is 7.11 Å². The largest absolute Gasteiger partial charge is 0.481 e. The van der Waals surface area contributed by atoms with Crippen LogP contribution in [0.4, 0.5) is 0 Å². The number of nitrogens with zero attached hydrogens (tertiary/aromatic N) is 1. The molecule has 1 aromatic heterocycles. The van der Waals surface area contributed by atoms with Crippen molar-refractivity contribution in [1.82, 2.24) is 10.3 Å². The van der Waals surface area contributed by atoms with Gasteiger partial charge in [-0.05, 0) is 43.0 Å². The predicted molar refractivity (Wildman–Crippen MR) is 81.9 cm³/mol. The average molecular weight is 270 g/mol. The van der Waals surface area contributed by atoms with Gasteiger partial charge < -0.3 is 10.1 Å². The number of nitrogens with one attached hydrogen (secondary N) is 1. The van der Waals surface area contributed by atoms with E-state index in [9.17, 15) is 0 Å². The molecule has 0 saturated heterocycles. The fourth-order valence-electron chi connectivity index (χ4n) is 2.13. The minimum absolute atomic E-state index is 0.674. The molecule has 2 rings (SSSR count). The summed E-state index contributed by atoms with van der Waals surface area (Å²) in [5, 5.41) is 3.46. The molecule has 0 aliphatic carbocycles. The third kappa shape index (κ3) is 5.02. The van der Waals surface area contributed by atoms with Crippen molar-refractivity contribution in [3.05, 3.63) is 59.8 Å². The van der Waals surface area contributed by atoms with Crippen molar-refractivity contribution in [1.29, 1.82) is 0 Å². The molecule has 0 radical (unpaired) electrons. The third-order valence-corrected chi connectivity index (χ3v) is 3.25. The van der Waals surface area contributed by atoms with Crippen molar-refractivity contribution in [2.45, 2.75) is 25.8 Å². The van der Waals surface area contributed by atoms with Crippen LogP contribution in [0.25, 0.3) is 0 Å². The van der Waals surface area contributed by atoms with E-state index in [1.165, 1.54) is 24.0 Å². The van der Waals surface area contributed by atoms with Crippen LogP contribution < -0.4 is 10.1 Å². The number of pyridine rings is 1. The van der Waals surface area contributed by atoms with Crippen LogP contribution in [0.15, 0.2) is 48.7 Å². The fourth-order valence-corrected chi connectivity index (χ4v) is 2.13. The molecule has 0 fully saturated rings. The number of ether oxygens (including phenoxy) is 1. The molecule has 1 heterocycles. The second-order valence-electron chi connectivity index (χ2n) is 4.83. The maximum atomic E-state index is 5.11. The van der Waals surface area contributed by atoms with Gasteiger partial charge in [0.2, 0.25) is 5.88 Å². The molecule has 3 heteroatoms. The van der Waals surface area contributed by atoms with Crippen LogP contribution in [0.2, 0.25) is 0 Å². The molecule has 0 unspecified atom stereocenters. The Hall–Kier alpha value is -1.87. The quantitative estimate of drug-likeness (QED) is 0.748. The Morgan fingerprint density at radius 3 is 2.70 bits per heavy atom. The summed E-state index contributed by atoms with van der Waals surface area (Å²) in [6.07, 6.45) is 5.35. The molecule has 106 valence electrons. The second-order valence-corrected chi connectivity index (χ2v) is 4.83. The van der Waals surface area contributed by atoms with Gasteiger partial charge in [-0.3, -0.25) is 0 Å². The van der Waals surface area contributed by atoms with Gasteiger partial charge in [-0.1, -0.05) is 30.3 Å². The predicted octanol–water partition coefficient (Wildman–Crippen LogP) is 3.20. The Balaban J connectivity index is 1.59. The van der Waals surface area contributed by atoms with E-state index in [-0.39, 0.29) is 0 Å². The highest BCUT2D eigenvalue weighted by Gasteiger charge is 1.97. The first-order valence-electron chi connectivity index (χ1n) is 7.12. The highest BCUT2D eigenvalue weighted by molar-refractivity contribution is 5.20. The molecule has 1 N–H and O–H groups in total. The number of methoxy groups -OCH3 is 1. The maximum Gasteiger partial charge on any atom is 0.213 e. The molecule has 2 aromatic rings. The number of unbranched alkanes of at least 4 members (excludes halogenated alkanes) is 1. The molecule has 0 aliphatic rings. The molecule has 1 aromatic carbocycles. The van der Waals surface area contributed by atoms with Gasteiger partial charge in [-0.2, -0.15) is 0 Å². The second kappa shape index (κ2) is 8.33. The van der Waals surface area contributed by atoms with Gasteiger partial charge in [0.25, 0.3) is 0 Å². The molecular formula is C17H22N2O. The van der Waals surface area contributed by atoms with E-state index in [0.29, 0.717) is 5.88 Å². The summed E-state index contributed by atoms with van der Waals surface area (Å²) in [6.45, 7) is 1.90. The van der Waals surface area contributed by atoms with Crippen molar-refractivity contribution < 1.29 is 4.74 Å². The zero-order valence-electron chi connectivity index (χ0n) is 12.0. The molecule has 3 nitrogen and oxygen atoms in total. The number of hydrogen-bond acceptors (Lipinski definition) is 3. The number of aryl methyl sites for hydroxylation is 1. The normalized spacial score (nSPS) is 10.4. The van der Waals surface area contributed by atoms with Gasteiger partial charge >= 0.3 is 0 Å². The lowest BCUT2D eigenvalue weighted by Crippen LogP contribution is -2.15. The van der Waals surface area contributed by atoms with Crippen LogP contribution in [-0.4, -0.2) is 18.6 Å². The van der Waals surface area contributed by atoms with E-state index in [0.717, 1.165) is 19.5 Å². The van der Waals surface area contributed by atoms with Crippen molar-refractivity contribution in [2.24, 2.45) is 0 Å².